The molecule has 1 aliphatic carbocycles. The molecule has 0 amide bonds. The molecule has 0 radical (unpaired) electrons. The molecule has 2 aromatic heterocycles. The summed E-state index contributed by atoms with van der Waals surface area (Å²) in [7, 11) is 1.33. The first-order valence-corrected chi connectivity index (χ1v) is 8.55. The zero-order valence-electron chi connectivity index (χ0n) is 14.9. The van der Waals surface area contributed by atoms with E-state index in [1.807, 2.05) is 6.92 Å². The maximum Gasteiger partial charge on any atom is 0.343 e. The smallest absolute Gasteiger partial charge is 0.343 e. The second-order valence-electron chi connectivity index (χ2n) is 6.75. The van der Waals surface area contributed by atoms with Crippen molar-refractivity contribution in [2.45, 2.75) is 32.6 Å². The van der Waals surface area contributed by atoms with Crippen LogP contribution in [-0.4, -0.2) is 33.5 Å². The van der Waals surface area contributed by atoms with E-state index in [1.54, 1.807) is 17.6 Å². The standard InChI is InChI=1S/C20H19N3O3/c1-11-4-6-13(7-5-11)14-8-16-15(17(24)9-14)10-21-19-18(20(25)26-3)12(2)22-23(16)19/h4-7,10,14H,8-9H2,1-3H3. The fourth-order valence-electron chi connectivity index (χ4n) is 3.62. The fourth-order valence-corrected chi connectivity index (χ4v) is 3.62. The third-order valence-electron chi connectivity index (χ3n) is 5.03. The van der Waals surface area contributed by atoms with Gasteiger partial charge in [-0.05, 0) is 31.7 Å². The van der Waals surface area contributed by atoms with Gasteiger partial charge in [-0.15, -0.1) is 0 Å². The second-order valence-corrected chi connectivity index (χ2v) is 6.75. The molecule has 1 aliphatic rings. The molecule has 26 heavy (non-hydrogen) atoms. The summed E-state index contributed by atoms with van der Waals surface area (Å²) in [5.41, 5.74) is 5.04. The van der Waals surface area contributed by atoms with E-state index in [4.69, 9.17) is 4.74 Å². The quantitative estimate of drug-likeness (QED) is 0.665. The molecule has 4 rings (SSSR count). The molecular weight excluding hydrogens is 330 g/mol. The number of aryl methyl sites for hydroxylation is 2. The van der Waals surface area contributed by atoms with Crippen LogP contribution in [-0.2, 0) is 11.2 Å². The Morgan fingerprint density at radius 3 is 2.62 bits per heavy atom. The van der Waals surface area contributed by atoms with Crippen LogP contribution >= 0.6 is 0 Å². The van der Waals surface area contributed by atoms with Gasteiger partial charge in [0.05, 0.1) is 24.1 Å². The highest BCUT2D eigenvalue weighted by Crippen LogP contribution is 2.33. The van der Waals surface area contributed by atoms with Crippen LogP contribution < -0.4 is 0 Å². The average molecular weight is 349 g/mol. The largest absolute Gasteiger partial charge is 0.465 e. The number of ether oxygens (including phenoxy) is 1. The van der Waals surface area contributed by atoms with Crippen LogP contribution in [0.4, 0.5) is 0 Å². The molecule has 0 aliphatic heterocycles. The highest BCUT2D eigenvalue weighted by atomic mass is 16.5. The number of aromatic nitrogens is 3. The minimum atomic E-state index is -0.470. The normalized spacial score (nSPS) is 16.6. The van der Waals surface area contributed by atoms with E-state index < -0.39 is 5.97 Å². The van der Waals surface area contributed by atoms with Gasteiger partial charge < -0.3 is 4.74 Å². The van der Waals surface area contributed by atoms with Crippen molar-refractivity contribution in [1.82, 2.24) is 14.6 Å². The molecule has 1 unspecified atom stereocenters. The van der Waals surface area contributed by atoms with Gasteiger partial charge in [0.2, 0.25) is 0 Å². The number of benzene rings is 1. The van der Waals surface area contributed by atoms with Crippen molar-refractivity contribution < 1.29 is 14.3 Å². The van der Waals surface area contributed by atoms with Crippen LogP contribution in [0.25, 0.3) is 5.65 Å². The summed E-state index contributed by atoms with van der Waals surface area (Å²) in [5, 5.41) is 4.47. The topological polar surface area (TPSA) is 73.6 Å². The number of Topliss-reactive ketones (excluding diaryl/α,β-unsaturated/α-hetero) is 1. The molecule has 0 saturated heterocycles. The monoisotopic (exact) mass is 349 g/mol. The van der Waals surface area contributed by atoms with Crippen molar-refractivity contribution in [3.63, 3.8) is 0 Å². The summed E-state index contributed by atoms with van der Waals surface area (Å²) in [6.45, 7) is 3.79. The molecule has 0 spiro atoms. The second kappa shape index (κ2) is 6.05. The van der Waals surface area contributed by atoms with Crippen molar-refractivity contribution in [2.24, 2.45) is 0 Å². The van der Waals surface area contributed by atoms with E-state index in [2.05, 4.69) is 34.3 Å². The number of methoxy groups -OCH3 is 1. The lowest BCUT2D eigenvalue weighted by Gasteiger charge is -2.24. The zero-order valence-corrected chi connectivity index (χ0v) is 14.9. The average Bonchev–Trinajstić information content (AvgIpc) is 2.98. The van der Waals surface area contributed by atoms with Gasteiger partial charge in [0, 0.05) is 12.6 Å². The molecule has 1 atom stereocenters. The number of carbonyl (C=O) groups excluding carboxylic acids is 2. The Labute approximate surface area is 150 Å². The Kier molecular flexibility index (Phi) is 3.83. The molecule has 0 N–H and O–H groups in total. The summed E-state index contributed by atoms with van der Waals surface area (Å²) < 4.78 is 6.49. The lowest BCUT2D eigenvalue weighted by molar-refractivity contribution is 0.0601. The predicted molar refractivity (Wildman–Crippen MR) is 95.6 cm³/mol. The number of ketones is 1. The van der Waals surface area contributed by atoms with Gasteiger partial charge in [-0.2, -0.15) is 5.10 Å². The molecule has 0 bridgehead atoms. The molecule has 6 nitrogen and oxygen atoms in total. The Morgan fingerprint density at radius 1 is 1.19 bits per heavy atom. The number of esters is 1. The van der Waals surface area contributed by atoms with Gasteiger partial charge in [-0.3, -0.25) is 4.79 Å². The number of rotatable bonds is 2. The lowest BCUT2D eigenvalue weighted by atomic mass is 9.82. The van der Waals surface area contributed by atoms with Crippen LogP contribution in [0.15, 0.2) is 30.5 Å². The van der Waals surface area contributed by atoms with Gasteiger partial charge in [0.1, 0.15) is 5.56 Å². The van der Waals surface area contributed by atoms with E-state index in [0.29, 0.717) is 35.3 Å². The van der Waals surface area contributed by atoms with Crippen molar-refractivity contribution in [1.29, 1.82) is 0 Å². The van der Waals surface area contributed by atoms with Crippen molar-refractivity contribution in [3.8, 4) is 0 Å². The third kappa shape index (κ3) is 2.49. The van der Waals surface area contributed by atoms with Crippen LogP contribution in [0.2, 0.25) is 0 Å². The highest BCUT2D eigenvalue weighted by Gasteiger charge is 2.31. The first-order valence-electron chi connectivity index (χ1n) is 8.55. The number of fused-ring (bicyclic) bond motifs is 3. The maximum atomic E-state index is 12.7. The number of hydrogen-bond donors (Lipinski definition) is 0. The third-order valence-corrected chi connectivity index (χ3v) is 5.03. The number of hydrogen-bond acceptors (Lipinski definition) is 5. The molecule has 0 fully saturated rings. The Hall–Kier alpha value is -3.02. The van der Waals surface area contributed by atoms with Crippen LogP contribution in [0.1, 0.15) is 55.6 Å². The van der Waals surface area contributed by atoms with Crippen LogP contribution in [0, 0.1) is 13.8 Å². The maximum absolute atomic E-state index is 12.7. The van der Waals surface area contributed by atoms with Gasteiger partial charge in [-0.1, -0.05) is 29.8 Å². The Morgan fingerprint density at radius 2 is 1.92 bits per heavy atom. The van der Waals surface area contributed by atoms with E-state index in [1.165, 1.54) is 12.7 Å². The van der Waals surface area contributed by atoms with Gasteiger partial charge >= 0.3 is 5.97 Å². The minimum Gasteiger partial charge on any atom is -0.465 e. The fraction of sp³-hybridized carbons (Fsp3) is 0.300. The Bertz CT molecular complexity index is 1030. The molecule has 132 valence electrons. The molecular formula is C20H19N3O3. The summed E-state index contributed by atoms with van der Waals surface area (Å²) in [4.78, 5) is 29.1. The van der Waals surface area contributed by atoms with Crippen LogP contribution in [0.3, 0.4) is 0 Å². The predicted octanol–water partition coefficient (Wildman–Crippen LogP) is 3.05. The lowest BCUT2D eigenvalue weighted by Crippen LogP contribution is -2.22. The molecule has 3 aromatic rings. The molecule has 2 heterocycles. The van der Waals surface area contributed by atoms with Crippen LogP contribution in [0.5, 0.6) is 0 Å². The van der Waals surface area contributed by atoms with Gasteiger partial charge in [-0.25, -0.2) is 14.3 Å². The highest BCUT2D eigenvalue weighted by molar-refractivity contribution is 6.00. The first kappa shape index (κ1) is 16.4. The van der Waals surface area contributed by atoms with E-state index in [9.17, 15) is 9.59 Å². The van der Waals surface area contributed by atoms with E-state index >= 15 is 0 Å². The number of carbonyl (C=O) groups is 2. The molecule has 6 heteroatoms. The summed E-state index contributed by atoms with van der Waals surface area (Å²) in [6.07, 6.45) is 2.68. The summed E-state index contributed by atoms with van der Waals surface area (Å²) in [5.74, 6) is -0.326. The van der Waals surface area contributed by atoms with E-state index in [-0.39, 0.29) is 11.7 Å². The van der Waals surface area contributed by atoms with Crippen molar-refractivity contribution >= 4 is 17.4 Å². The SMILES string of the molecule is COC(=O)c1c(C)nn2c3c(cnc12)C(=O)CC(c1ccc(C)cc1)C3. The minimum absolute atomic E-state index is 0.0546. The first-order chi connectivity index (χ1) is 12.5. The Balaban J connectivity index is 1.85. The summed E-state index contributed by atoms with van der Waals surface area (Å²) in [6, 6.07) is 8.27. The molecule has 0 saturated carbocycles. The number of nitrogens with zero attached hydrogens (tertiary/aromatic N) is 3. The van der Waals surface area contributed by atoms with Crippen molar-refractivity contribution in [2.75, 3.05) is 7.11 Å². The summed E-state index contributed by atoms with van der Waals surface area (Å²) >= 11 is 0. The van der Waals surface area contributed by atoms with Gasteiger partial charge in [0.25, 0.3) is 0 Å². The van der Waals surface area contributed by atoms with Gasteiger partial charge in [0.15, 0.2) is 11.4 Å². The van der Waals surface area contributed by atoms with Crippen molar-refractivity contribution in [3.05, 3.63) is 64.1 Å². The zero-order chi connectivity index (χ0) is 18.4. The van der Waals surface area contributed by atoms with E-state index in [0.717, 1.165) is 11.3 Å². The molecule has 1 aromatic carbocycles.